The molecule has 0 aliphatic carbocycles. The van der Waals surface area contributed by atoms with Crippen LogP contribution in [0.2, 0.25) is 0 Å². The van der Waals surface area contributed by atoms with Gasteiger partial charge in [-0.3, -0.25) is 13.9 Å². The molecule has 0 N–H and O–H groups in total. The van der Waals surface area contributed by atoms with E-state index in [1.54, 1.807) is 36.8 Å². The summed E-state index contributed by atoms with van der Waals surface area (Å²) in [7, 11) is 3.41. The SMILES string of the molecule is CCn1c(SCCCn2c(=O)c3c(ncn3C)n(C)c2=O)nc2ccccc21. The van der Waals surface area contributed by atoms with Crippen LogP contribution in [-0.4, -0.2) is 34.0 Å². The van der Waals surface area contributed by atoms with Crippen molar-refractivity contribution in [1.29, 1.82) is 0 Å². The second-order valence-corrected chi connectivity index (χ2v) is 7.72. The van der Waals surface area contributed by atoms with Crippen LogP contribution in [0.5, 0.6) is 0 Å². The smallest absolute Gasteiger partial charge is 0.328 e. The Hall–Kier alpha value is -2.81. The maximum absolute atomic E-state index is 12.7. The molecule has 0 amide bonds. The lowest BCUT2D eigenvalue weighted by Crippen LogP contribution is -2.39. The van der Waals surface area contributed by atoms with Crippen molar-refractivity contribution in [2.24, 2.45) is 14.1 Å². The lowest BCUT2D eigenvalue weighted by Gasteiger charge is -2.09. The molecule has 0 radical (unpaired) electrons. The number of fused-ring (bicyclic) bond motifs is 2. The summed E-state index contributed by atoms with van der Waals surface area (Å²) >= 11 is 1.65. The monoisotopic (exact) mass is 398 g/mol. The van der Waals surface area contributed by atoms with Crippen molar-refractivity contribution < 1.29 is 0 Å². The molecule has 0 atom stereocenters. The minimum absolute atomic E-state index is 0.288. The molecule has 0 spiro atoms. The number of para-hydroxylation sites is 2. The number of aromatic nitrogens is 6. The Morgan fingerprint density at radius 3 is 2.68 bits per heavy atom. The average molecular weight is 398 g/mol. The Bertz CT molecular complexity index is 1280. The molecule has 28 heavy (non-hydrogen) atoms. The second-order valence-electron chi connectivity index (χ2n) is 6.66. The average Bonchev–Trinajstić information content (AvgIpc) is 3.25. The Morgan fingerprint density at radius 1 is 1.11 bits per heavy atom. The van der Waals surface area contributed by atoms with E-state index in [4.69, 9.17) is 4.98 Å². The highest BCUT2D eigenvalue weighted by Gasteiger charge is 2.15. The topological polar surface area (TPSA) is 79.6 Å². The number of thioether (sulfide) groups is 1. The van der Waals surface area contributed by atoms with Crippen LogP contribution in [0, 0.1) is 0 Å². The number of aryl methyl sites for hydroxylation is 3. The maximum atomic E-state index is 12.7. The molecule has 0 bridgehead atoms. The fourth-order valence-electron chi connectivity index (χ4n) is 3.45. The molecule has 0 aliphatic heterocycles. The quantitative estimate of drug-likeness (QED) is 0.367. The lowest BCUT2D eigenvalue weighted by molar-refractivity contribution is 0.593. The van der Waals surface area contributed by atoms with E-state index in [0.717, 1.165) is 28.5 Å². The van der Waals surface area contributed by atoms with Crippen LogP contribution in [0.25, 0.3) is 22.2 Å². The van der Waals surface area contributed by atoms with E-state index < -0.39 is 0 Å². The van der Waals surface area contributed by atoms with E-state index >= 15 is 0 Å². The molecule has 0 saturated carbocycles. The summed E-state index contributed by atoms with van der Waals surface area (Å²) in [5, 5.41) is 0.964. The van der Waals surface area contributed by atoms with Crippen molar-refractivity contribution in [3.63, 3.8) is 0 Å². The molecule has 3 heterocycles. The van der Waals surface area contributed by atoms with E-state index in [-0.39, 0.29) is 11.2 Å². The highest BCUT2D eigenvalue weighted by molar-refractivity contribution is 7.99. The Labute approximate surface area is 165 Å². The number of hydrogen-bond donors (Lipinski definition) is 0. The minimum Gasteiger partial charge on any atom is -0.328 e. The molecule has 0 fully saturated rings. The number of imidazole rings is 2. The predicted octanol–water partition coefficient (Wildman–Crippen LogP) is 1.99. The highest BCUT2D eigenvalue weighted by Crippen LogP contribution is 2.24. The van der Waals surface area contributed by atoms with Gasteiger partial charge in [-0.1, -0.05) is 23.9 Å². The van der Waals surface area contributed by atoms with Gasteiger partial charge in [-0.15, -0.1) is 0 Å². The maximum Gasteiger partial charge on any atom is 0.332 e. The third kappa shape index (κ3) is 2.95. The molecule has 0 unspecified atom stereocenters. The Morgan fingerprint density at radius 2 is 1.89 bits per heavy atom. The number of benzene rings is 1. The van der Waals surface area contributed by atoms with Crippen LogP contribution in [0.1, 0.15) is 13.3 Å². The van der Waals surface area contributed by atoms with Crippen molar-refractivity contribution in [3.8, 4) is 0 Å². The summed E-state index contributed by atoms with van der Waals surface area (Å²) in [5.74, 6) is 0.766. The van der Waals surface area contributed by atoms with Gasteiger partial charge in [-0.2, -0.15) is 0 Å². The summed E-state index contributed by atoms with van der Waals surface area (Å²) in [4.78, 5) is 34.1. The van der Waals surface area contributed by atoms with Crippen LogP contribution in [0.4, 0.5) is 0 Å². The first-order valence-electron chi connectivity index (χ1n) is 9.21. The van der Waals surface area contributed by atoms with E-state index in [9.17, 15) is 9.59 Å². The number of nitrogens with zero attached hydrogens (tertiary/aromatic N) is 6. The normalized spacial score (nSPS) is 11.7. The van der Waals surface area contributed by atoms with E-state index in [0.29, 0.717) is 24.1 Å². The van der Waals surface area contributed by atoms with Crippen molar-refractivity contribution >= 4 is 34.0 Å². The fourth-order valence-corrected chi connectivity index (χ4v) is 4.45. The Balaban J connectivity index is 1.53. The van der Waals surface area contributed by atoms with Crippen molar-refractivity contribution in [2.45, 2.75) is 31.6 Å². The Kier molecular flexibility index (Phi) is 4.84. The fraction of sp³-hybridized carbons (Fsp3) is 0.368. The zero-order valence-corrected chi connectivity index (χ0v) is 16.9. The van der Waals surface area contributed by atoms with Gasteiger partial charge in [-0.05, 0) is 25.5 Å². The molecule has 4 aromatic rings. The van der Waals surface area contributed by atoms with E-state index in [1.807, 2.05) is 18.2 Å². The van der Waals surface area contributed by atoms with Gasteiger partial charge < -0.3 is 9.13 Å². The minimum atomic E-state index is -0.331. The van der Waals surface area contributed by atoms with E-state index in [2.05, 4.69) is 22.5 Å². The van der Waals surface area contributed by atoms with Crippen LogP contribution in [0.3, 0.4) is 0 Å². The molecular formula is C19H22N6O2S. The van der Waals surface area contributed by atoms with Crippen molar-refractivity contribution in [3.05, 3.63) is 51.4 Å². The van der Waals surface area contributed by atoms with Crippen LogP contribution in [-0.2, 0) is 27.2 Å². The summed E-state index contributed by atoms with van der Waals surface area (Å²) in [6, 6.07) is 8.09. The lowest BCUT2D eigenvalue weighted by atomic mass is 10.3. The molecule has 1 aromatic carbocycles. The first-order chi connectivity index (χ1) is 13.5. The van der Waals surface area contributed by atoms with E-state index in [1.165, 1.54) is 9.13 Å². The summed E-state index contributed by atoms with van der Waals surface area (Å²) in [6.45, 7) is 3.32. The van der Waals surface area contributed by atoms with Crippen molar-refractivity contribution in [2.75, 3.05) is 5.75 Å². The molecule has 0 aliphatic rings. The zero-order valence-electron chi connectivity index (χ0n) is 16.1. The standard InChI is InChI=1S/C19H22N6O2S/c1-4-24-14-9-6-5-8-13(14)21-18(24)28-11-7-10-25-17(26)15-16(20-12-22(15)2)23(3)19(25)27/h5-6,8-9,12H,4,7,10-11H2,1-3H3. The molecule has 3 aromatic heterocycles. The van der Waals surface area contributed by atoms with Crippen LogP contribution < -0.4 is 11.2 Å². The largest absolute Gasteiger partial charge is 0.332 e. The van der Waals surface area contributed by atoms with Gasteiger partial charge in [-0.25, -0.2) is 14.8 Å². The van der Waals surface area contributed by atoms with Gasteiger partial charge in [0.1, 0.15) is 0 Å². The summed E-state index contributed by atoms with van der Waals surface area (Å²) < 4.78 is 6.58. The van der Waals surface area contributed by atoms with Gasteiger partial charge in [0.25, 0.3) is 5.56 Å². The molecular weight excluding hydrogens is 376 g/mol. The molecule has 8 nitrogen and oxygen atoms in total. The number of rotatable bonds is 6. The third-order valence-corrected chi connectivity index (χ3v) is 5.96. The highest BCUT2D eigenvalue weighted by atomic mass is 32.2. The van der Waals surface area contributed by atoms with Gasteiger partial charge in [0.2, 0.25) is 0 Å². The number of hydrogen-bond acceptors (Lipinski definition) is 5. The third-order valence-electron chi connectivity index (χ3n) is 4.89. The molecule has 9 heteroatoms. The first-order valence-corrected chi connectivity index (χ1v) is 10.2. The summed E-state index contributed by atoms with van der Waals surface area (Å²) in [5.41, 5.74) is 2.35. The van der Waals surface area contributed by atoms with Crippen molar-refractivity contribution in [1.82, 2.24) is 28.2 Å². The van der Waals surface area contributed by atoms with Gasteiger partial charge in [0, 0.05) is 32.9 Å². The molecule has 0 saturated heterocycles. The van der Waals surface area contributed by atoms with Gasteiger partial charge in [0.15, 0.2) is 16.3 Å². The zero-order chi connectivity index (χ0) is 19.8. The van der Waals surface area contributed by atoms with Crippen LogP contribution in [0.15, 0.2) is 45.3 Å². The van der Waals surface area contributed by atoms with Crippen LogP contribution >= 0.6 is 11.8 Å². The molecule has 146 valence electrons. The first kappa shape index (κ1) is 18.5. The van der Waals surface area contributed by atoms with Gasteiger partial charge >= 0.3 is 5.69 Å². The predicted molar refractivity (Wildman–Crippen MR) is 111 cm³/mol. The van der Waals surface area contributed by atoms with Gasteiger partial charge in [0.05, 0.1) is 17.4 Å². The summed E-state index contributed by atoms with van der Waals surface area (Å²) in [6.07, 6.45) is 2.25. The second kappa shape index (κ2) is 7.31. The molecule has 4 rings (SSSR count).